The molecule has 7 heteroatoms. The Hall–Kier alpha value is -3.06. The summed E-state index contributed by atoms with van der Waals surface area (Å²) in [5, 5.41) is 6.76. The third-order valence-corrected chi connectivity index (χ3v) is 5.16. The third kappa shape index (κ3) is 1.73. The lowest BCUT2D eigenvalue weighted by atomic mass is 9.81. The zero-order chi connectivity index (χ0) is 17.3. The summed E-state index contributed by atoms with van der Waals surface area (Å²) in [6, 6.07) is 6.60. The lowest BCUT2D eigenvalue weighted by Gasteiger charge is -2.24. The van der Waals surface area contributed by atoms with E-state index in [0.29, 0.717) is 30.0 Å². The van der Waals surface area contributed by atoms with Crippen LogP contribution in [-0.2, 0) is 4.74 Å². The molecule has 0 saturated carbocycles. The van der Waals surface area contributed by atoms with Gasteiger partial charge in [0.05, 0.1) is 41.3 Å². The Morgan fingerprint density at radius 1 is 0.920 bits per heavy atom. The number of nitrogens with two attached hydrogens (primary N) is 2. The van der Waals surface area contributed by atoms with Crippen LogP contribution in [0.5, 0.6) is 0 Å². The zero-order valence-corrected chi connectivity index (χ0v) is 13.3. The predicted molar refractivity (Wildman–Crippen MR) is 94.0 cm³/mol. The van der Waals surface area contributed by atoms with Crippen LogP contribution in [0.25, 0.3) is 0 Å². The van der Waals surface area contributed by atoms with E-state index in [1.165, 1.54) is 0 Å². The summed E-state index contributed by atoms with van der Waals surface area (Å²) in [5.41, 5.74) is 14.6. The van der Waals surface area contributed by atoms with Crippen LogP contribution in [0.1, 0.15) is 38.3 Å². The molecule has 6 N–H and O–H groups in total. The molecule has 126 valence electrons. The van der Waals surface area contributed by atoms with Gasteiger partial charge < -0.3 is 26.8 Å². The molecule has 0 aromatic heterocycles. The highest BCUT2D eigenvalue weighted by Gasteiger charge is 2.44. The van der Waals surface area contributed by atoms with Crippen LogP contribution in [0.3, 0.4) is 0 Å². The highest BCUT2D eigenvalue weighted by Crippen LogP contribution is 2.45. The molecule has 1 spiro atoms. The predicted octanol–water partition coefficient (Wildman–Crippen LogP) is 1.58. The molecule has 1 saturated heterocycles. The molecule has 7 nitrogen and oxygen atoms in total. The van der Waals surface area contributed by atoms with Crippen molar-refractivity contribution in [1.29, 1.82) is 0 Å². The molecular formula is C18H16N4O3. The molecule has 2 aliphatic heterocycles. The van der Waals surface area contributed by atoms with Gasteiger partial charge in [-0.25, -0.2) is 0 Å². The van der Waals surface area contributed by atoms with Gasteiger partial charge in [0.15, 0.2) is 11.6 Å². The summed E-state index contributed by atoms with van der Waals surface area (Å²) in [7, 11) is 0. The number of carbonyl (C=O) groups is 2. The molecule has 1 fully saturated rings. The first kappa shape index (κ1) is 14.3. The van der Waals surface area contributed by atoms with Crippen molar-refractivity contribution >= 4 is 34.3 Å². The molecule has 0 bridgehead atoms. The van der Waals surface area contributed by atoms with Crippen molar-refractivity contribution in [1.82, 2.24) is 0 Å². The standard InChI is InChI=1S/C18H16N4O3/c19-9-2-3-10(20)14-13(9)16(23)8-1-4-11-15(12(8)17(14)24)22-18(21-11)5-6-25-7-18/h1-4,21-22H,5-7,19-20H2. The maximum absolute atomic E-state index is 13.2. The number of hydrogen-bond donors (Lipinski definition) is 4. The summed E-state index contributed by atoms with van der Waals surface area (Å²) < 4.78 is 5.48. The molecule has 0 amide bonds. The van der Waals surface area contributed by atoms with E-state index in [-0.39, 0.29) is 34.1 Å². The largest absolute Gasteiger partial charge is 0.398 e. The third-order valence-electron chi connectivity index (χ3n) is 5.16. The monoisotopic (exact) mass is 336 g/mol. The molecule has 3 aliphatic rings. The van der Waals surface area contributed by atoms with Gasteiger partial charge >= 0.3 is 0 Å². The number of benzene rings is 2. The maximum Gasteiger partial charge on any atom is 0.198 e. The van der Waals surface area contributed by atoms with Gasteiger partial charge in [-0.05, 0) is 24.3 Å². The fourth-order valence-electron chi connectivity index (χ4n) is 3.94. The molecule has 2 aromatic rings. The molecule has 2 aromatic carbocycles. The van der Waals surface area contributed by atoms with E-state index >= 15 is 0 Å². The van der Waals surface area contributed by atoms with Crippen molar-refractivity contribution in [3.8, 4) is 0 Å². The van der Waals surface area contributed by atoms with Gasteiger partial charge in [0, 0.05) is 23.4 Å². The van der Waals surface area contributed by atoms with Gasteiger partial charge in [0.1, 0.15) is 5.66 Å². The smallest absolute Gasteiger partial charge is 0.198 e. The van der Waals surface area contributed by atoms with E-state index < -0.39 is 5.66 Å². The average Bonchev–Trinajstić information content (AvgIpc) is 3.20. The SMILES string of the molecule is Nc1ccc(N)c2c1C(=O)c1ccc3c(c1C2=O)NC1(CCOC1)N3. The van der Waals surface area contributed by atoms with Gasteiger partial charge in [-0.2, -0.15) is 0 Å². The van der Waals surface area contributed by atoms with Crippen LogP contribution in [0, 0.1) is 0 Å². The van der Waals surface area contributed by atoms with E-state index in [0.717, 1.165) is 12.1 Å². The van der Waals surface area contributed by atoms with Crippen LogP contribution in [-0.4, -0.2) is 30.4 Å². The minimum atomic E-state index is -0.428. The van der Waals surface area contributed by atoms with Crippen molar-refractivity contribution in [3.05, 3.63) is 46.5 Å². The minimum absolute atomic E-state index is 0.191. The summed E-state index contributed by atoms with van der Waals surface area (Å²) in [6.07, 6.45) is 0.768. The number of ketones is 2. The topological polar surface area (TPSA) is 119 Å². The number of rotatable bonds is 0. The first-order valence-electron chi connectivity index (χ1n) is 8.09. The minimum Gasteiger partial charge on any atom is -0.398 e. The van der Waals surface area contributed by atoms with Crippen molar-refractivity contribution in [3.63, 3.8) is 0 Å². The number of ether oxygens (including phenoxy) is 1. The normalized spacial score (nSPS) is 23.0. The summed E-state index contributed by atoms with van der Waals surface area (Å²) in [6.45, 7) is 1.12. The number of nitrogen functional groups attached to an aromatic ring is 2. The highest BCUT2D eigenvalue weighted by atomic mass is 16.5. The maximum atomic E-state index is 13.2. The van der Waals surface area contributed by atoms with E-state index in [1.54, 1.807) is 18.2 Å². The zero-order valence-electron chi connectivity index (χ0n) is 13.3. The second kappa shape index (κ2) is 4.52. The first-order chi connectivity index (χ1) is 12.0. The van der Waals surface area contributed by atoms with Gasteiger partial charge in [0.2, 0.25) is 0 Å². The Balaban J connectivity index is 1.74. The number of nitrogens with one attached hydrogen (secondary N) is 2. The van der Waals surface area contributed by atoms with Crippen molar-refractivity contribution < 1.29 is 14.3 Å². The number of hydrogen-bond acceptors (Lipinski definition) is 7. The second-order valence-electron chi connectivity index (χ2n) is 6.70. The number of anilines is 4. The van der Waals surface area contributed by atoms with Crippen LogP contribution in [0.15, 0.2) is 24.3 Å². The molecule has 25 heavy (non-hydrogen) atoms. The van der Waals surface area contributed by atoms with Crippen molar-refractivity contribution in [2.45, 2.75) is 12.1 Å². The average molecular weight is 336 g/mol. The first-order valence-corrected chi connectivity index (χ1v) is 8.09. The quantitative estimate of drug-likeness (QED) is 0.460. The number of carbonyl (C=O) groups excluding carboxylic acids is 2. The fraction of sp³-hybridized carbons (Fsp3) is 0.222. The molecule has 5 rings (SSSR count). The molecule has 1 atom stereocenters. The summed E-state index contributed by atoms with van der Waals surface area (Å²) in [5.74, 6) is -0.556. The van der Waals surface area contributed by atoms with E-state index in [4.69, 9.17) is 16.2 Å². The van der Waals surface area contributed by atoms with Crippen LogP contribution >= 0.6 is 0 Å². The van der Waals surface area contributed by atoms with Gasteiger partial charge in [0.25, 0.3) is 0 Å². The van der Waals surface area contributed by atoms with Gasteiger partial charge in [-0.1, -0.05) is 0 Å². The summed E-state index contributed by atoms with van der Waals surface area (Å²) >= 11 is 0. The summed E-state index contributed by atoms with van der Waals surface area (Å²) in [4.78, 5) is 26.2. The fourth-order valence-corrected chi connectivity index (χ4v) is 3.94. The van der Waals surface area contributed by atoms with Gasteiger partial charge in [-0.3, -0.25) is 9.59 Å². The molecule has 2 heterocycles. The Morgan fingerprint density at radius 2 is 1.64 bits per heavy atom. The van der Waals surface area contributed by atoms with E-state index in [1.807, 2.05) is 6.07 Å². The molecular weight excluding hydrogens is 320 g/mol. The van der Waals surface area contributed by atoms with Crippen molar-refractivity contribution in [2.24, 2.45) is 0 Å². The molecule has 0 radical (unpaired) electrons. The number of fused-ring (bicyclic) bond motifs is 4. The van der Waals surface area contributed by atoms with E-state index in [2.05, 4.69) is 10.6 Å². The van der Waals surface area contributed by atoms with Crippen LogP contribution < -0.4 is 22.1 Å². The lowest BCUT2D eigenvalue weighted by molar-refractivity contribution is 0.0981. The van der Waals surface area contributed by atoms with Gasteiger partial charge in [-0.15, -0.1) is 0 Å². The molecule has 1 aliphatic carbocycles. The second-order valence-corrected chi connectivity index (χ2v) is 6.70. The molecule has 1 unspecified atom stereocenters. The van der Waals surface area contributed by atoms with Crippen LogP contribution in [0.4, 0.5) is 22.7 Å². The Kier molecular flexibility index (Phi) is 2.58. The Bertz CT molecular complexity index is 977. The van der Waals surface area contributed by atoms with Crippen molar-refractivity contribution in [2.75, 3.05) is 35.3 Å². The lowest BCUT2D eigenvalue weighted by Crippen LogP contribution is -2.42. The highest BCUT2D eigenvalue weighted by molar-refractivity contribution is 6.34. The van der Waals surface area contributed by atoms with E-state index in [9.17, 15) is 9.59 Å². The Labute approximate surface area is 143 Å². The van der Waals surface area contributed by atoms with Crippen LogP contribution in [0.2, 0.25) is 0 Å². The Morgan fingerprint density at radius 3 is 2.32 bits per heavy atom.